The number of hydrogen-bond donors (Lipinski definition) is 1. The molecular weight excluding hydrogens is 246 g/mol. The Morgan fingerprint density at radius 1 is 1.50 bits per heavy atom. The van der Waals surface area contributed by atoms with Crippen molar-refractivity contribution in [3.8, 4) is 0 Å². The Labute approximate surface area is 90.1 Å². The van der Waals surface area contributed by atoms with Gasteiger partial charge in [-0.25, -0.2) is 4.98 Å². The van der Waals surface area contributed by atoms with E-state index in [2.05, 4.69) is 25.9 Å². The first-order chi connectivity index (χ1) is 6.70. The molecule has 76 valence electrons. The van der Waals surface area contributed by atoms with Crippen LogP contribution in [0.2, 0.25) is 0 Å². The SMILES string of the molecule is CC.Cc1[nH]c2nccn2c(=O)c1Br. The fourth-order valence-corrected chi connectivity index (χ4v) is 1.34. The highest BCUT2D eigenvalue weighted by Crippen LogP contribution is 2.07. The minimum Gasteiger partial charge on any atom is -0.328 e. The number of halogens is 1. The van der Waals surface area contributed by atoms with Crippen molar-refractivity contribution < 1.29 is 0 Å². The molecule has 0 aliphatic rings. The van der Waals surface area contributed by atoms with Gasteiger partial charge in [-0.15, -0.1) is 0 Å². The lowest BCUT2D eigenvalue weighted by molar-refractivity contribution is 1.01. The number of aryl methyl sites for hydroxylation is 1. The van der Waals surface area contributed by atoms with E-state index in [1.807, 2.05) is 20.8 Å². The molecule has 0 saturated heterocycles. The third kappa shape index (κ3) is 1.72. The van der Waals surface area contributed by atoms with Crippen molar-refractivity contribution >= 4 is 21.7 Å². The van der Waals surface area contributed by atoms with Crippen molar-refractivity contribution in [3.05, 3.63) is 32.9 Å². The number of nitrogens with zero attached hydrogens (tertiary/aromatic N) is 2. The molecule has 0 unspecified atom stereocenters. The number of aromatic nitrogens is 3. The second kappa shape index (κ2) is 4.41. The number of rotatable bonds is 0. The highest BCUT2D eigenvalue weighted by atomic mass is 79.9. The maximum atomic E-state index is 11.5. The largest absolute Gasteiger partial charge is 0.328 e. The van der Waals surface area contributed by atoms with Crippen LogP contribution < -0.4 is 5.56 Å². The lowest BCUT2D eigenvalue weighted by atomic mass is 10.4. The van der Waals surface area contributed by atoms with Gasteiger partial charge in [-0.05, 0) is 22.9 Å². The minimum absolute atomic E-state index is 0.0845. The molecule has 2 aromatic rings. The molecule has 2 aromatic heterocycles. The maximum absolute atomic E-state index is 11.5. The van der Waals surface area contributed by atoms with E-state index in [1.165, 1.54) is 4.40 Å². The Morgan fingerprint density at radius 3 is 2.79 bits per heavy atom. The van der Waals surface area contributed by atoms with Crippen molar-refractivity contribution in [2.24, 2.45) is 0 Å². The van der Waals surface area contributed by atoms with Gasteiger partial charge in [0.15, 0.2) is 0 Å². The second-order valence-electron chi connectivity index (χ2n) is 2.49. The van der Waals surface area contributed by atoms with Gasteiger partial charge < -0.3 is 4.98 Å². The van der Waals surface area contributed by atoms with Gasteiger partial charge in [-0.3, -0.25) is 9.20 Å². The molecule has 4 nitrogen and oxygen atoms in total. The lowest BCUT2D eigenvalue weighted by Gasteiger charge is -1.98. The molecular formula is C9H12BrN3O. The van der Waals surface area contributed by atoms with Crippen LogP contribution in [0.3, 0.4) is 0 Å². The van der Waals surface area contributed by atoms with Gasteiger partial charge in [0.2, 0.25) is 5.78 Å². The molecule has 0 aliphatic carbocycles. The average molecular weight is 258 g/mol. The molecule has 2 heterocycles. The number of imidazole rings is 1. The van der Waals surface area contributed by atoms with Crippen molar-refractivity contribution in [1.82, 2.24) is 14.4 Å². The van der Waals surface area contributed by atoms with E-state index in [4.69, 9.17) is 0 Å². The molecule has 0 spiro atoms. The molecule has 0 fully saturated rings. The molecule has 0 radical (unpaired) electrons. The Kier molecular flexibility index (Phi) is 3.46. The molecule has 1 N–H and O–H groups in total. The summed E-state index contributed by atoms with van der Waals surface area (Å²) in [5, 5.41) is 0. The topological polar surface area (TPSA) is 50.2 Å². The zero-order chi connectivity index (χ0) is 10.7. The summed E-state index contributed by atoms with van der Waals surface area (Å²) in [5.41, 5.74) is 0.706. The molecule has 2 rings (SSSR count). The number of fused-ring (bicyclic) bond motifs is 1. The molecule has 0 amide bonds. The predicted molar refractivity (Wildman–Crippen MR) is 59.6 cm³/mol. The van der Waals surface area contributed by atoms with Crippen molar-refractivity contribution in [1.29, 1.82) is 0 Å². The molecule has 14 heavy (non-hydrogen) atoms. The highest BCUT2D eigenvalue weighted by Gasteiger charge is 2.04. The summed E-state index contributed by atoms with van der Waals surface area (Å²) in [6.07, 6.45) is 3.21. The predicted octanol–water partition coefficient (Wildman–Crippen LogP) is 2.12. The normalized spacial score (nSPS) is 9.71. The van der Waals surface area contributed by atoms with Gasteiger partial charge >= 0.3 is 0 Å². The van der Waals surface area contributed by atoms with Gasteiger partial charge in [0.05, 0.1) is 0 Å². The molecule has 5 heteroatoms. The summed E-state index contributed by atoms with van der Waals surface area (Å²) in [7, 11) is 0. The minimum atomic E-state index is -0.0845. The Hall–Kier alpha value is -1.10. The summed E-state index contributed by atoms with van der Waals surface area (Å²) in [6.45, 7) is 5.82. The molecule has 0 aliphatic heterocycles. The highest BCUT2D eigenvalue weighted by molar-refractivity contribution is 9.10. The van der Waals surface area contributed by atoms with E-state index in [0.29, 0.717) is 10.3 Å². The summed E-state index contributed by atoms with van der Waals surface area (Å²) >= 11 is 3.19. The Balaban J connectivity index is 0.000000461. The number of aromatic amines is 1. The first-order valence-electron chi connectivity index (χ1n) is 4.41. The van der Waals surface area contributed by atoms with Crippen LogP contribution in [-0.4, -0.2) is 14.4 Å². The smallest absolute Gasteiger partial charge is 0.273 e. The zero-order valence-electron chi connectivity index (χ0n) is 8.34. The number of H-pyrrole nitrogens is 1. The van der Waals surface area contributed by atoms with Crippen LogP contribution >= 0.6 is 15.9 Å². The van der Waals surface area contributed by atoms with Gasteiger partial charge in [-0.1, -0.05) is 13.8 Å². The van der Waals surface area contributed by atoms with E-state index < -0.39 is 0 Å². The molecule has 0 aromatic carbocycles. The van der Waals surface area contributed by atoms with Crippen LogP contribution in [0.25, 0.3) is 5.78 Å². The van der Waals surface area contributed by atoms with Crippen LogP contribution in [0.1, 0.15) is 19.5 Å². The van der Waals surface area contributed by atoms with Gasteiger partial charge in [0.1, 0.15) is 4.47 Å². The monoisotopic (exact) mass is 257 g/mol. The Morgan fingerprint density at radius 2 is 2.14 bits per heavy atom. The fraction of sp³-hybridized carbons (Fsp3) is 0.333. The third-order valence-electron chi connectivity index (χ3n) is 1.68. The van der Waals surface area contributed by atoms with Gasteiger partial charge in [0, 0.05) is 18.1 Å². The van der Waals surface area contributed by atoms with Crippen molar-refractivity contribution in [3.63, 3.8) is 0 Å². The van der Waals surface area contributed by atoms with Gasteiger partial charge in [0.25, 0.3) is 5.56 Å². The number of nitrogens with one attached hydrogen (secondary N) is 1. The van der Waals surface area contributed by atoms with E-state index in [-0.39, 0.29) is 5.56 Å². The van der Waals surface area contributed by atoms with E-state index in [9.17, 15) is 4.79 Å². The standard InChI is InChI=1S/C7H6BrN3O.C2H6/c1-4-5(8)6(12)11-3-2-9-7(11)10-4;1-2/h2-3H,1H3,(H,9,10);1-2H3. The lowest BCUT2D eigenvalue weighted by Crippen LogP contribution is -2.15. The van der Waals surface area contributed by atoms with Crippen LogP contribution in [0, 0.1) is 6.92 Å². The van der Waals surface area contributed by atoms with Crippen LogP contribution in [0.15, 0.2) is 21.7 Å². The Bertz CT molecular complexity index is 486. The third-order valence-corrected chi connectivity index (χ3v) is 2.61. The molecule has 0 saturated carbocycles. The first-order valence-corrected chi connectivity index (χ1v) is 5.21. The maximum Gasteiger partial charge on any atom is 0.273 e. The van der Waals surface area contributed by atoms with E-state index in [1.54, 1.807) is 12.4 Å². The zero-order valence-corrected chi connectivity index (χ0v) is 9.92. The second-order valence-corrected chi connectivity index (χ2v) is 3.28. The summed E-state index contributed by atoms with van der Waals surface area (Å²) < 4.78 is 2.00. The van der Waals surface area contributed by atoms with Gasteiger partial charge in [-0.2, -0.15) is 0 Å². The van der Waals surface area contributed by atoms with Crippen LogP contribution in [-0.2, 0) is 0 Å². The summed E-state index contributed by atoms with van der Waals surface area (Å²) in [5.74, 6) is 0.570. The van der Waals surface area contributed by atoms with E-state index in [0.717, 1.165) is 5.69 Å². The average Bonchev–Trinajstić information content (AvgIpc) is 2.65. The fourth-order valence-electron chi connectivity index (χ4n) is 1.05. The molecule has 0 atom stereocenters. The number of hydrogen-bond acceptors (Lipinski definition) is 2. The van der Waals surface area contributed by atoms with E-state index >= 15 is 0 Å². The quantitative estimate of drug-likeness (QED) is 0.786. The molecule has 0 bridgehead atoms. The summed E-state index contributed by atoms with van der Waals surface area (Å²) in [4.78, 5) is 18.4. The first kappa shape index (κ1) is 11.0. The van der Waals surface area contributed by atoms with Crippen molar-refractivity contribution in [2.45, 2.75) is 20.8 Å². The summed E-state index contributed by atoms with van der Waals surface area (Å²) in [6, 6.07) is 0. The van der Waals surface area contributed by atoms with Crippen LogP contribution in [0.5, 0.6) is 0 Å². The van der Waals surface area contributed by atoms with Crippen LogP contribution in [0.4, 0.5) is 0 Å². The van der Waals surface area contributed by atoms with Crippen molar-refractivity contribution in [2.75, 3.05) is 0 Å².